The highest BCUT2D eigenvalue weighted by Gasteiger charge is 2.19. The van der Waals surface area contributed by atoms with Gasteiger partial charge in [0.2, 0.25) is 0 Å². The van der Waals surface area contributed by atoms with E-state index < -0.39 is 6.10 Å². The van der Waals surface area contributed by atoms with Crippen LogP contribution in [0.3, 0.4) is 0 Å². The average molecular weight is 653 g/mol. The van der Waals surface area contributed by atoms with Gasteiger partial charge < -0.3 is 14.2 Å². The van der Waals surface area contributed by atoms with Crippen molar-refractivity contribution in [2.24, 2.45) is 11.8 Å². The third kappa shape index (κ3) is 32.4. The molecule has 0 saturated heterocycles. The molecule has 272 valence electrons. The molecule has 2 atom stereocenters. The molecule has 46 heavy (non-hydrogen) atoms. The third-order valence-corrected chi connectivity index (χ3v) is 9.08. The monoisotopic (exact) mass is 653 g/mol. The Kier molecular flexibility index (Phi) is 32.2. The van der Waals surface area contributed by atoms with Gasteiger partial charge in [-0.3, -0.25) is 14.4 Å². The zero-order chi connectivity index (χ0) is 34.1. The lowest BCUT2D eigenvalue weighted by Crippen LogP contribution is -2.30. The summed E-state index contributed by atoms with van der Waals surface area (Å²) in [6.45, 7) is 11.2. The summed E-state index contributed by atoms with van der Waals surface area (Å²) in [6, 6.07) is 0. The Bertz CT molecular complexity index is 706. The van der Waals surface area contributed by atoms with Crippen LogP contribution in [0.5, 0.6) is 0 Å². The highest BCUT2D eigenvalue weighted by atomic mass is 16.6. The summed E-state index contributed by atoms with van der Waals surface area (Å²) in [4.78, 5) is 37.2. The lowest BCUT2D eigenvalue weighted by molar-refractivity contribution is -0.167. The lowest BCUT2D eigenvalue weighted by Gasteiger charge is -2.18. The molecule has 0 aliphatic rings. The highest BCUT2D eigenvalue weighted by Crippen LogP contribution is 2.16. The van der Waals surface area contributed by atoms with Crippen LogP contribution >= 0.6 is 0 Å². The van der Waals surface area contributed by atoms with Gasteiger partial charge in [-0.15, -0.1) is 0 Å². The molecule has 0 amide bonds. The minimum absolute atomic E-state index is 0.0678. The van der Waals surface area contributed by atoms with Crippen molar-refractivity contribution < 1.29 is 28.6 Å². The molecule has 0 spiro atoms. The second-order valence-electron chi connectivity index (χ2n) is 14.3. The van der Waals surface area contributed by atoms with Crippen molar-refractivity contribution >= 4 is 17.9 Å². The number of unbranched alkanes of at least 4 members (excludes halogenated alkanes) is 18. The minimum atomic E-state index is -0.758. The van der Waals surface area contributed by atoms with Crippen molar-refractivity contribution in [3.63, 3.8) is 0 Å². The van der Waals surface area contributed by atoms with Crippen LogP contribution in [-0.4, -0.2) is 37.2 Å². The number of carbonyl (C=O) groups excluding carboxylic acids is 3. The second-order valence-corrected chi connectivity index (χ2v) is 14.3. The Labute approximate surface area is 285 Å². The van der Waals surface area contributed by atoms with E-state index >= 15 is 0 Å². The summed E-state index contributed by atoms with van der Waals surface area (Å²) in [5.74, 6) is 0.746. The van der Waals surface area contributed by atoms with Crippen molar-refractivity contribution in [2.45, 2.75) is 214 Å². The largest absolute Gasteiger partial charge is 0.462 e. The molecule has 0 bridgehead atoms. The van der Waals surface area contributed by atoms with E-state index in [0.717, 1.165) is 76.0 Å². The first-order chi connectivity index (χ1) is 22.3. The second kappa shape index (κ2) is 33.3. The fourth-order valence-electron chi connectivity index (χ4n) is 5.66. The van der Waals surface area contributed by atoms with Gasteiger partial charge in [-0.1, -0.05) is 169 Å². The van der Waals surface area contributed by atoms with Gasteiger partial charge in [0, 0.05) is 19.3 Å². The number of carbonyl (C=O) groups is 3. The summed E-state index contributed by atoms with van der Waals surface area (Å²) < 4.78 is 16.5. The van der Waals surface area contributed by atoms with E-state index in [0.29, 0.717) is 19.3 Å². The molecule has 0 N–H and O–H groups in total. The van der Waals surface area contributed by atoms with E-state index in [9.17, 15) is 14.4 Å². The summed E-state index contributed by atoms with van der Waals surface area (Å²) in [5.41, 5.74) is 0. The van der Waals surface area contributed by atoms with Crippen LogP contribution in [0.1, 0.15) is 208 Å². The molecule has 1 unspecified atom stereocenters. The maximum absolute atomic E-state index is 12.6. The normalized spacial score (nSPS) is 12.7. The average Bonchev–Trinajstić information content (AvgIpc) is 3.03. The molecular formula is C40H76O6. The fraction of sp³-hybridized carbons (Fsp3) is 0.925. The lowest BCUT2D eigenvalue weighted by atomic mass is 10.00. The summed E-state index contributed by atoms with van der Waals surface area (Å²) in [5, 5.41) is 0. The molecule has 0 aromatic rings. The molecule has 0 rings (SSSR count). The first kappa shape index (κ1) is 44.4. The predicted molar refractivity (Wildman–Crippen MR) is 192 cm³/mol. The first-order valence-electron chi connectivity index (χ1n) is 19.8. The molecule has 0 aliphatic heterocycles. The van der Waals surface area contributed by atoms with Gasteiger partial charge in [-0.2, -0.15) is 0 Å². The van der Waals surface area contributed by atoms with E-state index in [2.05, 4.69) is 34.6 Å². The summed E-state index contributed by atoms with van der Waals surface area (Å²) >= 11 is 0. The van der Waals surface area contributed by atoms with Gasteiger partial charge in [0.15, 0.2) is 6.10 Å². The van der Waals surface area contributed by atoms with Crippen molar-refractivity contribution in [2.75, 3.05) is 13.2 Å². The SMILES string of the molecule is CCCCCCCC(=O)OC[C@@H](COC(=O)CCCCCCCCCCCCC(C)C)OC(=O)CCCCCCCCC(C)CC. The molecule has 0 saturated carbocycles. The van der Waals surface area contributed by atoms with Crippen LogP contribution < -0.4 is 0 Å². The Morgan fingerprint density at radius 3 is 1.24 bits per heavy atom. The van der Waals surface area contributed by atoms with Gasteiger partial charge in [0.1, 0.15) is 13.2 Å². The maximum Gasteiger partial charge on any atom is 0.306 e. The van der Waals surface area contributed by atoms with Gasteiger partial charge in [0.25, 0.3) is 0 Å². The molecular weight excluding hydrogens is 576 g/mol. The molecule has 0 heterocycles. The zero-order valence-electron chi connectivity index (χ0n) is 31.2. The third-order valence-electron chi connectivity index (χ3n) is 9.08. The van der Waals surface area contributed by atoms with Gasteiger partial charge in [0.05, 0.1) is 0 Å². The molecule has 0 aliphatic carbocycles. The van der Waals surface area contributed by atoms with Crippen LogP contribution in [-0.2, 0) is 28.6 Å². The number of esters is 3. The summed E-state index contributed by atoms with van der Waals surface area (Å²) in [7, 11) is 0. The highest BCUT2D eigenvalue weighted by molar-refractivity contribution is 5.71. The van der Waals surface area contributed by atoms with E-state index in [4.69, 9.17) is 14.2 Å². The first-order valence-corrected chi connectivity index (χ1v) is 19.8. The molecule has 0 aromatic carbocycles. The van der Waals surface area contributed by atoms with Crippen molar-refractivity contribution in [3.8, 4) is 0 Å². The van der Waals surface area contributed by atoms with E-state index in [1.165, 1.54) is 89.9 Å². The topological polar surface area (TPSA) is 78.9 Å². The quantitative estimate of drug-likeness (QED) is 0.0391. The van der Waals surface area contributed by atoms with Crippen LogP contribution in [0.25, 0.3) is 0 Å². The summed E-state index contributed by atoms with van der Waals surface area (Å²) in [6.07, 6.45) is 28.3. The van der Waals surface area contributed by atoms with Crippen LogP contribution in [0.2, 0.25) is 0 Å². The van der Waals surface area contributed by atoms with Crippen LogP contribution in [0, 0.1) is 11.8 Å². The van der Waals surface area contributed by atoms with Crippen molar-refractivity contribution in [1.82, 2.24) is 0 Å². The van der Waals surface area contributed by atoms with Gasteiger partial charge in [-0.05, 0) is 31.1 Å². The fourth-order valence-corrected chi connectivity index (χ4v) is 5.66. The van der Waals surface area contributed by atoms with E-state index in [1.54, 1.807) is 0 Å². The number of ether oxygens (including phenoxy) is 3. The number of hydrogen-bond acceptors (Lipinski definition) is 6. The molecule has 0 radical (unpaired) electrons. The minimum Gasteiger partial charge on any atom is -0.462 e. The predicted octanol–water partition coefficient (Wildman–Crippen LogP) is 11.8. The van der Waals surface area contributed by atoms with Crippen molar-refractivity contribution in [3.05, 3.63) is 0 Å². The molecule has 0 fully saturated rings. The van der Waals surface area contributed by atoms with Crippen molar-refractivity contribution in [1.29, 1.82) is 0 Å². The van der Waals surface area contributed by atoms with E-state index in [1.807, 2.05) is 0 Å². The van der Waals surface area contributed by atoms with Crippen LogP contribution in [0.15, 0.2) is 0 Å². The maximum atomic E-state index is 12.6. The Hall–Kier alpha value is -1.59. The van der Waals surface area contributed by atoms with Gasteiger partial charge >= 0.3 is 17.9 Å². The standard InChI is InChI=1S/C40H76O6/c1-6-8-9-18-25-30-38(41)44-33-37(46-40(43)32-27-22-17-16-20-24-29-36(5)7-2)34-45-39(42)31-26-21-15-13-11-10-12-14-19-23-28-35(3)4/h35-37H,6-34H2,1-5H3/t36?,37-/m0/s1. The molecule has 0 aromatic heterocycles. The van der Waals surface area contributed by atoms with Gasteiger partial charge in [-0.25, -0.2) is 0 Å². The molecule has 6 heteroatoms. The zero-order valence-corrected chi connectivity index (χ0v) is 31.2. The number of rotatable bonds is 34. The van der Waals surface area contributed by atoms with E-state index in [-0.39, 0.29) is 31.1 Å². The smallest absolute Gasteiger partial charge is 0.306 e. The number of hydrogen-bond donors (Lipinski definition) is 0. The molecule has 6 nitrogen and oxygen atoms in total. The Balaban J connectivity index is 4.27. The Morgan fingerprint density at radius 1 is 0.457 bits per heavy atom. The van der Waals surface area contributed by atoms with Crippen LogP contribution in [0.4, 0.5) is 0 Å². The Morgan fingerprint density at radius 2 is 0.826 bits per heavy atom.